The number of fused-ring (bicyclic) bond motifs is 1. The van der Waals surface area contributed by atoms with E-state index in [0.717, 1.165) is 29.2 Å². The van der Waals surface area contributed by atoms with Crippen molar-refractivity contribution in [2.45, 2.75) is 39.7 Å². The van der Waals surface area contributed by atoms with Crippen molar-refractivity contribution >= 4 is 17.2 Å². The number of carbonyl (C=O) groups excluding carboxylic acids is 1. The molecule has 122 valence electrons. The molecule has 1 atom stereocenters. The zero-order chi connectivity index (χ0) is 16.2. The van der Waals surface area contributed by atoms with Gasteiger partial charge in [-0.2, -0.15) is 0 Å². The molecular formula is C18H22N2O2S. The molecule has 0 spiro atoms. The van der Waals surface area contributed by atoms with Crippen LogP contribution in [0, 0.1) is 5.92 Å². The SMILES string of the molecule is CCOc1ncccc1CNC(=O)c1cc2c(s1)CC[C@@H](C)C2. The first kappa shape index (κ1) is 16.0. The Balaban J connectivity index is 1.66. The van der Waals surface area contributed by atoms with E-state index >= 15 is 0 Å². The van der Waals surface area contributed by atoms with E-state index in [0.29, 0.717) is 19.0 Å². The predicted molar refractivity (Wildman–Crippen MR) is 92.1 cm³/mol. The van der Waals surface area contributed by atoms with Crippen molar-refractivity contribution in [3.8, 4) is 5.88 Å². The number of hydrogen-bond acceptors (Lipinski definition) is 4. The van der Waals surface area contributed by atoms with Gasteiger partial charge in [-0.3, -0.25) is 4.79 Å². The van der Waals surface area contributed by atoms with E-state index in [9.17, 15) is 4.79 Å². The molecule has 0 saturated carbocycles. The summed E-state index contributed by atoms with van der Waals surface area (Å²) in [5.74, 6) is 1.30. The molecule has 4 nitrogen and oxygen atoms in total. The third-order valence-electron chi connectivity index (χ3n) is 4.12. The molecule has 1 aliphatic rings. The van der Waals surface area contributed by atoms with Gasteiger partial charge in [-0.15, -0.1) is 11.3 Å². The number of nitrogens with zero attached hydrogens (tertiary/aromatic N) is 1. The fourth-order valence-electron chi connectivity index (χ4n) is 2.91. The van der Waals surface area contributed by atoms with Crippen LogP contribution in [0.3, 0.4) is 0 Å². The minimum Gasteiger partial charge on any atom is -0.478 e. The maximum absolute atomic E-state index is 12.4. The summed E-state index contributed by atoms with van der Waals surface area (Å²) >= 11 is 1.64. The second-order valence-corrected chi connectivity index (χ2v) is 7.13. The Kier molecular flexibility index (Phi) is 4.96. The van der Waals surface area contributed by atoms with Gasteiger partial charge >= 0.3 is 0 Å². The lowest BCUT2D eigenvalue weighted by Gasteiger charge is -2.16. The van der Waals surface area contributed by atoms with Gasteiger partial charge in [0.05, 0.1) is 11.5 Å². The van der Waals surface area contributed by atoms with Gasteiger partial charge in [0, 0.05) is 23.2 Å². The van der Waals surface area contributed by atoms with Crippen LogP contribution in [0.25, 0.3) is 0 Å². The Labute approximate surface area is 140 Å². The fraction of sp³-hybridized carbons (Fsp3) is 0.444. The van der Waals surface area contributed by atoms with E-state index in [4.69, 9.17) is 4.74 Å². The molecule has 5 heteroatoms. The number of amides is 1. The van der Waals surface area contributed by atoms with Gasteiger partial charge in [-0.1, -0.05) is 13.0 Å². The van der Waals surface area contributed by atoms with E-state index in [-0.39, 0.29) is 5.91 Å². The van der Waals surface area contributed by atoms with Crippen LogP contribution in [-0.2, 0) is 19.4 Å². The monoisotopic (exact) mass is 330 g/mol. The molecule has 0 radical (unpaired) electrons. The molecule has 0 bridgehead atoms. The minimum atomic E-state index is -0.0108. The van der Waals surface area contributed by atoms with E-state index in [1.54, 1.807) is 17.5 Å². The number of nitrogens with one attached hydrogen (secondary N) is 1. The van der Waals surface area contributed by atoms with Crippen molar-refractivity contribution in [3.05, 3.63) is 45.3 Å². The van der Waals surface area contributed by atoms with Crippen molar-refractivity contribution in [2.75, 3.05) is 6.61 Å². The first-order valence-electron chi connectivity index (χ1n) is 8.13. The second kappa shape index (κ2) is 7.13. The molecule has 2 heterocycles. The van der Waals surface area contributed by atoms with Crippen LogP contribution < -0.4 is 10.1 Å². The average molecular weight is 330 g/mol. The Morgan fingerprint density at radius 2 is 2.39 bits per heavy atom. The minimum absolute atomic E-state index is 0.0108. The molecule has 3 rings (SSSR count). The first-order valence-corrected chi connectivity index (χ1v) is 8.95. The largest absolute Gasteiger partial charge is 0.478 e. The lowest BCUT2D eigenvalue weighted by molar-refractivity contribution is 0.0954. The number of thiophene rings is 1. The molecule has 0 fully saturated rings. The highest BCUT2D eigenvalue weighted by Crippen LogP contribution is 2.32. The van der Waals surface area contributed by atoms with E-state index < -0.39 is 0 Å². The van der Waals surface area contributed by atoms with Crippen LogP contribution in [0.1, 0.15) is 45.9 Å². The molecule has 0 saturated heterocycles. The summed E-state index contributed by atoms with van der Waals surface area (Å²) in [4.78, 5) is 18.8. The summed E-state index contributed by atoms with van der Waals surface area (Å²) in [6, 6.07) is 5.85. The normalized spacial score (nSPS) is 16.7. The van der Waals surface area contributed by atoms with E-state index in [1.165, 1.54) is 16.9 Å². The summed E-state index contributed by atoms with van der Waals surface area (Å²) in [6.45, 7) is 5.20. The van der Waals surface area contributed by atoms with Gasteiger partial charge in [0.1, 0.15) is 0 Å². The van der Waals surface area contributed by atoms with Gasteiger partial charge in [-0.05, 0) is 49.8 Å². The quantitative estimate of drug-likeness (QED) is 0.911. The molecule has 1 amide bonds. The number of rotatable bonds is 5. The number of hydrogen-bond donors (Lipinski definition) is 1. The van der Waals surface area contributed by atoms with Gasteiger partial charge in [0.15, 0.2) is 0 Å². The zero-order valence-electron chi connectivity index (χ0n) is 13.6. The highest BCUT2D eigenvalue weighted by molar-refractivity contribution is 7.14. The summed E-state index contributed by atoms with van der Waals surface area (Å²) in [6.07, 6.45) is 5.12. The van der Waals surface area contributed by atoms with Crippen LogP contribution in [0.5, 0.6) is 5.88 Å². The molecule has 23 heavy (non-hydrogen) atoms. The average Bonchev–Trinajstić information content (AvgIpc) is 2.97. The lowest BCUT2D eigenvalue weighted by atomic mass is 9.90. The predicted octanol–water partition coefficient (Wildman–Crippen LogP) is 3.60. The van der Waals surface area contributed by atoms with E-state index in [1.807, 2.05) is 19.1 Å². The molecule has 1 N–H and O–H groups in total. The van der Waals surface area contributed by atoms with Crippen molar-refractivity contribution in [1.29, 1.82) is 0 Å². The number of pyridine rings is 1. The summed E-state index contributed by atoms with van der Waals surface area (Å²) in [5, 5.41) is 2.99. The Morgan fingerprint density at radius 3 is 3.22 bits per heavy atom. The first-order chi connectivity index (χ1) is 11.2. The number of aryl methyl sites for hydroxylation is 1. The number of ether oxygens (including phenoxy) is 1. The van der Waals surface area contributed by atoms with Crippen LogP contribution in [-0.4, -0.2) is 17.5 Å². The third kappa shape index (κ3) is 3.72. The zero-order valence-corrected chi connectivity index (χ0v) is 14.4. The van der Waals surface area contributed by atoms with Gasteiger partial charge in [-0.25, -0.2) is 4.98 Å². The standard InChI is InChI=1S/C18H22N2O2S/c1-3-22-18-13(5-4-8-19-18)11-20-17(21)16-10-14-9-12(2)6-7-15(14)23-16/h4-5,8,10,12H,3,6-7,9,11H2,1-2H3,(H,20,21)/t12-/m1/s1. The van der Waals surface area contributed by atoms with Crippen LogP contribution in [0.4, 0.5) is 0 Å². The summed E-state index contributed by atoms with van der Waals surface area (Å²) in [5.41, 5.74) is 2.26. The Morgan fingerprint density at radius 1 is 1.52 bits per heavy atom. The third-order valence-corrected chi connectivity index (χ3v) is 5.36. The number of carbonyl (C=O) groups is 1. The van der Waals surface area contributed by atoms with Crippen molar-refractivity contribution in [2.24, 2.45) is 5.92 Å². The Hall–Kier alpha value is -1.88. The Bertz CT molecular complexity index is 696. The van der Waals surface area contributed by atoms with Crippen molar-refractivity contribution < 1.29 is 9.53 Å². The summed E-state index contributed by atoms with van der Waals surface area (Å²) in [7, 11) is 0. The van der Waals surface area contributed by atoms with Crippen LogP contribution in [0.2, 0.25) is 0 Å². The fourth-order valence-corrected chi connectivity index (χ4v) is 4.03. The lowest BCUT2D eigenvalue weighted by Crippen LogP contribution is -2.22. The van der Waals surface area contributed by atoms with Crippen molar-refractivity contribution in [1.82, 2.24) is 10.3 Å². The van der Waals surface area contributed by atoms with Crippen LogP contribution in [0.15, 0.2) is 24.4 Å². The second-order valence-electron chi connectivity index (χ2n) is 5.99. The molecule has 2 aromatic rings. The van der Waals surface area contributed by atoms with Gasteiger partial charge in [0.2, 0.25) is 5.88 Å². The highest BCUT2D eigenvalue weighted by Gasteiger charge is 2.20. The molecule has 1 aliphatic carbocycles. The van der Waals surface area contributed by atoms with Gasteiger partial charge in [0.25, 0.3) is 5.91 Å². The summed E-state index contributed by atoms with van der Waals surface area (Å²) < 4.78 is 5.49. The topological polar surface area (TPSA) is 51.2 Å². The van der Waals surface area contributed by atoms with Gasteiger partial charge < -0.3 is 10.1 Å². The molecular weight excluding hydrogens is 308 g/mol. The van der Waals surface area contributed by atoms with Crippen LogP contribution >= 0.6 is 11.3 Å². The highest BCUT2D eigenvalue weighted by atomic mass is 32.1. The smallest absolute Gasteiger partial charge is 0.261 e. The van der Waals surface area contributed by atoms with Crippen molar-refractivity contribution in [3.63, 3.8) is 0 Å². The maximum atomic E-state index is 12.4. The molecule has 0 aromatic carbocycles. The van der Waals surface area contributed by atoms with E-state index in [2.05, 4.69) is 23.3 Å². The number of aromatic nitrogens is 1. The maximum Gasteiger partial charge on any atom is 0.261 e. The molecule has 0 aliphatic heterocycles. The molecule has 0 unspecified atom stereocenters. The molecule has 2 aromatic heterocycles.